The zero-order valence-electron chi connectivity index (χ0n) is 7.55. The Morgan fingerprint density at radius 2 is 2.25 bits per heavy atom. The number of allylic oxidation sites excluding steroid dienone is 1. The van der Waals surface area contributed by atoms with E-state index in [9.17, 15) is 4.79 Å². The van der Waals surface area contributed by atoms with E-state index >= 15 is 0 Å². The second kappa shape index (κ2) is 3.02. The number of nitrogens with zero attached hydrogens (tertiary/aromatic N) is 1. The number of piperidine rings is 1. The van der Waals surface area contributed by atoms with Crippen LogP contribution >= 0.6 is 0 Å². The molecule has 0 bridgehead atoms. The average molecular weight is 165 g/mol. The number of likely N-dealkylation sites (tertiary alicyclic amines) is 1. The number of carbonyl (C=O) groups excluding carboxylic acids is 1. The second-order valence-corrected chi connectivity index (χ2v) is 3.69. The first-order chi connectivity index (χ1) is 5.81. The minimum Gasteiger partial charge on any atom is -0.296 e. The molecule has 0 aromatic heterocycles. The first kappa shape index (κ1) is 7.99. The van der Waals surface area contributed by atoms with Crippen molar-refractivity contribution in [3.05, 3.63) is 11.6 Å². The molecular formula is C10H15NO. The van der Waals surface area contributed by atoms with Gasteiger partial charge in [-0.2, -0.15) is 0 Å². The molecule has 66 valence electrons. The van der Waals surface area contributed by atoms with Gasteiger partial charge >= 0.3 is 0 Å². The molecule has 0 unspecified atom stereocenters. The van der Waals surface area contributed by atoms with Crippen molar-refractivity contribution in [2.75, 3.05) is 13.1 Å². The predicted molar refractivity (Wildman–Crippen MR) is 48.0 cm³/mol. The molecule has 1 aliphatic heterocycles. The van der Waals surface area contributed by atoms with Crippen molar-refractivity contribution in [1.82, 2.24) is 4.90 Å². The monoisotopic (exact) mass is 165 g/mol. The maximum absolute atomic E-state index is 11.3. The Balaban J connectivity index is 2.01. The van der Waals surface area contributed by atoms with Gasteiger partial charge in [0, 0.05) is 31.1 Å². The Hall–Kier alpha value is -0.630. The van der Waals surface area contributed by atoms with Crippen LogP contribution < -0.4 is 0 Å². The van der Waals surface area contributed by atoms with Crippen LogP contribution in [0.15, 0.2) is 11.6 Å². The topological polar surface area (TPSA) is 20.3 Å². The van der Waals surface area contributed by atoms with Crippen LogP contribution in [0.2, 0.25) is 0 Å². The molecule has 0 atom stereocenters. The van der Waals surface area contributed by atoms with Crippen molar-refractivity contribution in [3.8, 4) is 0 Å². The van der Waals surface area contributed by atoms with Gasteiger partial charge in [0.1, 0.15) is 0 Å². The third-order valence-electron chi connectivity index (χ3n) is 2.77. The van der Waals surface area contributed by atoms with E-state index in [1.165, 1.54) is 12.8 Å². The third-order valence-corrected chi connectivity index (χ3v) is 2.77. The number of hydrogen-bond donors (Lipinski definition) is 0. The fourth-order valence-electron chi connectivity index (χ4n) is 1.80. The van der Waals surface area contributed by atoms with Gasteiger partial charge in [-0.1, -0.05) is 6.08 Å². The van der Waals surface area contributed by atoms with Gasteiger partial charge in [-0.3, -0.25) is 9.69 Å². The van der Waals surface area contributed by atoms with Gasteiger partial charge in [0.15, 0.2) is 5.78 Å². The first-order valence-corrected chi connectivity index (χ1v) is 4.73. The standard InChI is InChI=1S/C10H15NO/c1-2-8-7-11(9-3-4-9)6-5-10(8)12/h2,9H,3-7H2,1H3/b8-2-. The molecule has 1 saturated heterocycles. The third kappa shape index (κ3) is 1.44. The Bertz CT molecular complexity index is 228. The number of hydrogen-bond acceptors (Lipinski definition) is 2. The minimum absolute atomic E-state index is 0.356. The lowest BCUT2D eigenvalue weighted by Crippen LogP contribution is -2.37. The molecule has 0 aromatic carbocycles. The van der Waals surface area contributed by atoms with E-state index in [0.717, 1.165) is 31.1 Å². The summed E-state index contributed by atoms with van der Waals surface area (Å²) < 4.78 is 0. The molecule has 2 rings (SSSR count). The zero-order chi connectivity index (χ0) is 8.55. The van der Waals surface area contributed by atoms with Gasteiger partial charge in [-0.15, -0.1) is 0 Å². The van der Waals surface area contributed by atoms with Gasteiger partial charge in [-0.25, -0.2) is 0 Å². The van der Waals surface area contributed by atoms with Gasteiger partial charge in [0.2, 0.25) is 0 Å². The summed E-state index contributed by atoms with van der Waals surface area (Å²) in [4.78, 5) is 13.8. The molecule has 2 nitrogen and oxygen atoms in total. The number of Topliss-reactive ketones (excluding diaryl/α,β-unsaturated/α-hetero) is 1. The Morgan fingerprint density at radius 3 is 2.83 bits per heavy atom. The van der Waals surface area contributed by atoms with Gasteiger partial charge in [-0.05, 0) is 19.8 Å². The van der Waals surface area contributed by atoms with E-state index in [1.54, 1.807) is 0 Å². The van der Waals surface area contributed by atoms with Crippen LogP contribution in [0.3, 0.4) is 0 Å². The number of ketones is 1. The molecule has 1 aliphatic carbocycles. The Kier molecular flexibility index (Phi) is 2.01. The summed E-state index contributed by atoms with van der Waals surface area (Å²) in [5.74, 6) is 0.356. The maximum Gasteiger partial charge on any atom is 0.161 e. The van der Waals surface area contributed by atoms with Crippen LogP contribution in [0, 0.1) is 0 Å². The highest BCUT2D eigenvalue weighted by Crippen LogP contribution is 2.29. The van der Waals surface area contributed by atoms with Crippen LogP contribution in [-0.4, -0.2) is 29.8 Å². The summed E-state index contributed by atoms with van der Waals surface area (Å²) in [7, 11) is 0. The first-order valence-electron chi connectivity index (χ1n) is 4.73. The van der Waals surface area contributed by atoms with E-state index in [2.05, 4.69) is 4.90 Å². The zero-order valence-corrected chi connectivity index (χ0v) is 7.55. The van der Waals surface area contributed by atoms with E-state index in [4.69, 9.17) is 0 Å². The van der Waals surface area contributed by atoms with Crippen molar-refractivity contribution >= 4 is 5.78 Å². The molecule has 12 heavy (non-hydrogen) atoms. The Morgan fingerprint density at radius 1 is 1.50 bits per heavy atom. The van der Waals surface area contributed by atoms with Crippen molar-refractivity contribution in [3.63, 3.8) is 0 Å². The summed E-state index contributed by atoms with van der Waals surface area (Å²) in [6.07, 6.45) is 5.38. The van der Waals surface area contributed by atoms with Crippen LogP contribution in [-0.2, 0) is 4.79 Å². The molecule has 2 heteroatoms. The highest BCUT2D eigenvalue weighted by atomic mass is 16.1. The normalized spacial score (nSPS) is 29.8. The molecule has 0 N–H and O–H groups in total. The summed E-state index contributed by atoms with van der Waals surface area (Å²) in [5.41, 5.74) is 1.02. The molecule has 2 aliphatic rings. The van der Waals surface area contributed by atoms with Crippen molar-refractivity contribution in [1.29, 1.82) is 0 Å². The molecule has 0 spiro atoms. The maximum atomic E-state index is 11.3. The van der Waals surface area contributed by atoms with E-state index in [-0.39, 0.29) is 0 Å². The van der Waals surface area contributed by atoms with Crippen LogP contribution in [0.5, 0.6) is 0 Å². The molecule has 0 aromatic rings. The molecule has 0 amide bonds. The average Bonchev–Trinajstić information content (AvgIpc) is 2.88. The highest BCUT2D eigenvalue weighted by molar-refractivity contribution is 5.96. The molecule has 1 saturated carbocycles. The smallest absolute Gasteiger partial charge is 0.161 e. The molecular weight excluding hydrogens is 150 g/mol. The van der Waals surface area contributed by atoms with Crippen LogP contribution in [0.25, 0.3) is 0 Å². The summed E-state index contributed by atoms with van der Waals surface area (Å²) in [6, 6.07) is 0.799. The Labute approximate surface area is 73.2 Å². The molecule has 2 fully saturated rings. The van der Waals surface area contributed by atoms with Crippen molar-refractivity contribution in [2.45, 2.75) is 32.2 Å². The van der Waals surface area contributed by atoms with Crippen molar-refractivity contribution in [2.24, 2.45) is 0 Å². The molecule has 0 radical (unpaired) electrons. The number of carbonyl (C=O) groups is 1. The lowest BCUT2D eigenvalue weighted by atomic mass is 10.0. The lowest BCUT2D eigenvalue weighted by Gasteiger charge is -2.27. The fraction of sp³-hybridized carbons (Fsp3) is 0.700. The second-order valence-electron chi connectivity index (χ2n) is 3.69. The fourth-order valence-corrected chi connectivity index (χ4v) is 1.80. The number of rotatable bonds is 1. The highest BCUT2D eigenvalue weighted by Gasteiger charge is 2.32. The SMILES string of the molecule is C/C=C1/CN(C2CC2)CCC1=O. The van der Waals surface area contributed by atoms with Crippen LogP contribution in [0.4, 0.5) is 0 Å². The van der Waals surface area contributed by atoms with Gasteiger partial charge in [0.25, 0.3) is 0 Å². The van der Waals surface area contributed by atoms with Gasteiger partial charge < -0.3 is 0 Å². The minimum atomic E-state index is 0.356. The summed E-state index contributed by atoms with van der Waals surface area (Å²) in [6.45, 7) is 3.85. The van der Waals surface area contributed by atoms with E-state index in [1.807, 2.05) is 13.0 Å². The predicted octanol–water partition coefficient (Wildman–Crippen LogP) is 1.37. The van der Waals surface area contributed by atoms with Crippen LogP contribution in [0.1, 0.15) is 26.2 Å². The van der Waals surface area contributed by atoms with E-state index in [0.29, 0.717) is 5.78 Å². The molecule has 1 heterocycles. The lowest BCUT2D eigenvalue weighted by molar-refractivity contribution is -0.117. The van der Waals surface area contributed by atoms with Crippen molar-refractivity contribution < 1.29 is 4.79 Å². The van der Waals surface area contributed by atoms with E-state index < -0.39 is 0 Å². The summed E-state index contributed by atoms with van der Waals surface area (Å²) >= 11 is 0. The summed E-state index contributed by atoms with van der Waals surface area (Å²) in [5, 5.41) is 0. The quantitative estimate of drug-likeness (QED) is 0.547. The van der Waals surface area contributed by atoms with Gasteiger partial charge in [0.05, 0.1) is 0 Å². The largest absolute Gasteiger partial charge is 0.296 e.